The van der Waals surface area contributed by atoms with E-state index in [0.29, 0.717) is 22.2 Å². The number of amides is 3. The number of hydrogen-bond donors (Lipinski definition) is 3. The molecule has 0 radical (unpaired) electrons. The maximum Gasteiger partial charge on any atom is 0.324 e. The standard InChI is InChI=1S/C19H23N3O2S/c1-3-12-7-8-14-15(10-12)25-18(16(14)17(20)23)22-19(24)21-13-6-4-5-11(2)9-13/h4-6,9,12H,3,7-8,10H2,1-2H3,(H2,20,23)(H2,21,22,24)/t12-/m0/s1. The van der Waals surface area contributed by atoms with Gasteiger partial charge in [-0.1, -0.05) is 25.5 Å². The summed E-state index contributed by atoms with van der Waals surface area (Å²) in [5.74, 6) is 0.166. The lowest BCUT2D eigenvalue weighted by Gasteiger charge is -2.20. The molecule has 3 rings (SSSR count). The number of benzene rings is 1. The highest BCUT2D eigenvalue weighted by Crippen LogP contribution is 2.40. The smallest absolute Gasteiger partial charge is 0.324 e. The summed E-state index contributed by atoms with van der Waals surface area (Å²) in [4.78, 5) is 25.5. The third-order valence-corrected chi connectivity index (χ3v) is 5.86. The van der Waals surface area contributed by atoms with Crippen LogP contribution in [0.2, 0.25) is 0 Å². The van der Waals surface area contributed by atoms with Crippen LogP contribution in [0.5, 0.6) is 0 Å². The Morgan fingerprint density at radius 1 is 1.32 bits per heavy atom. The number of thiophene rings is 1. The number of anilines is 2. The van der Waals surface area contributed by atoms with Crippen LogP contribution >= 0.6 is 11.3 Å². The van der Waals surface area contributed by atoms with Crippen LogP contribution in [0.25, 0.3) is 0 Å². The fourth-order valence-electron chi connectivity index (χ4n) is 3.34. The molecular weight excluding hydrogens is 334 g/mol. The van der Waals surface area contributed by atoms with Crippen molar-refractivity contribution in [2.24, 2.45) is 11.7 Å². The normalized spacial score (nSPS) is 16.2. The van der Waals surface area contributed by atoms with Gasteiger partial charge in [0.05, 0.1) is 5.56 Å². The number of aryl methyl sites for hydroxylation is 1. The van der Waals surface area contributed by atoms with Crippen molar-refractivity contribution in [3.63, 3.8) is 0 Å². The molecule has 1 aromatic carbocycles. The van der Waals surface area contributed by atoms with Gasteiger partial charge in [0.15, 0.2) is 0 Å². The molecule has 6 heteroatoms. The molecule has 1 aliphatic rings. The van der Waals surface area contributed by atoms with Gasteiger partial charge in [-0.3, -0.25) is 10.1 Å². The molecule has 3 amide bonds. The summed E-state index contributed by atoms with van der Waals surface area (Å²) in [5, 5.41) is 6.17. The van der Waals surface area contributed by atoms with E-state index in [4.69, 9.17) is 5.73 Å². The second-order valence-electron chi connectivity index (χ2n) is 6.54. The lowest BCUT2D eigenvalue weighted by molar-refractivity contribution is 0.1000. The molecule has 0 unspecified atom stereocenters. The van der Waals surface area contributed by atoms with E-state index in [9.17, 15) is 9.59 Å². The van der Waals surface area contributed by atoms with Crippen LogP contribution < -0.4 is 16.4 Å². The van der Waals surface area contributed by atoms with Gasteiger partial charge in [-0.25, -0.2) is 4.79 Å². The number of nitrogens with one attached hydrogen (secondary N) is 2. The molecule has 1 aliphatic carbocycles. The van der Waals surface area contributed by atoms with Crippen molar-refractivity contribution in [2.45, 2.75) is 39.5 Å². The molecule has 0 bridgehead atoms. The van der Waals surface area contributed by atoms with Gasteiger partial charge in [-0.05, 0) is 55.4 Å². The molecule has 1 aromatic heterocycles. The van der Waals surface area contributed by atoms with Crippen LogP contribution in [-0.2, 0) is 12.8 Å². The molecule has 0 spiro atoms. The van der Waals surface area contributed by atoms with Gasteiger partial charge >= 0.3 is 6.03 Å². The van der Waals surface area contributed by atoms with E-state index in [1.165, 1.54) is 16.2 Å². The van der Waals surface area contributed by atoms with E-state index in [1.807, 2.05) is 31.2 Å². The van der Waals surface area contributed by atoms with Gasteiger partial charge in [0, 0.05) is 10.6 Å². The molecular formula is C19H23N3O2S. The molecule has 1 heterocycles. The first-order valence-electron chi connectivity index (χ1n) is 8.57. The summed E-state index contributed by atoms with van der Waals surface area (Å²) >= 11 is 1.48. The lowest BCUT2D eigenvalue weighted by atomic mass is 9.85. The Labute approximate surface area is 151 Å². The Morgan fingerprint density at radius 3 is 2.80 bits per heavy atom. The Morgan fingerprint density at radius 2 is 2.12 bits per heavy atom. The van der Waals surface area contributed by atoms with Crippen molar-refractivity contribution in [3.05, 3.63) is 45.8 Å². The highest BCUT2D eigenvalue weighted by atomic mass is 32.1. The molecule has 132 valence electrons. The van der Waals surface area contributed by atoms with Gasteiger partial charge in [-0.2, -0.15) is 0 Å². The summed E-state index contributed by atoms with van der Waals surface area (Å²) in [7, 11) is 0. The fourth-order valence-corrected chi connectivity index (χ4v) is 4.70. The average molecular weight is 357 g/mol. The van der Waals surface area contributed by atoms with E-state index in [0.717, 1.165) is 36.8 Å². The summed E-state index contributed by atoms with van der Waals surface area (Å²) in [6, 6.07) is 7.20. The average Bonchev–Trinajstić information content (AvgIpc) is 2.91. The topological polar surface area (TPSA) is 84.2 Å². The predicted molar refractivity (Wildman–Crippen MR) is 102 cm³/mol. The Kier molecular flexibility index (Phi) is 5.08. The SMILES string of the molecule is CC[C@H]1CCc2c(sc(NC(=O)Nc3cccc(C)c3)c2C(N)=O)C1. The van der Waals surface area contributed by atoms with Crippen LogP contribution in [0, 0.1) is 12.8 Å². The Hall–Kier alpha value is -2.34. The van der Waals surface area contributed by atoms with Crippen molar-refractivity contribution in [2.75, 3.05) is 10.6 Å². The molecule has 1 atom stereocenters. The number of carbonyl (C=O) groups is 2. The molecule has 0 saturated carbocycles. The minimum Gasteiger partial charge on any atom is -0.365 e. The van der Waals surface area contributed by atoms with E-state index < -0.39 is 5.91 Å². The first kappa shape index (κ1) is 17.5. The van der Waals surface area contributed by atoms with E-state index >= 15 is 0 Å². The van der Waals surface area contributed by atoms with E-state index in [-0.39, 0.29) is 6.03 Å². The van der Waals surface area contributed by atoms with Crippen LogP contribution in [0.15, 0.2) is 24.3 Å². The Bertz CT molecular complexity index is 813. The monoisotopic (exact) mass is 357 g/mol. The third-order valence-electron chi connectivity index (χ3n) is 4.69. The van der Waals surface area contributed by atoms with E-state index in [1.54, 1.807) is 0 Å². The highest BCUT2D eigenvalue weighted by Gasteiger charge is 2.28. The van der Waals surface area contributed by atoms with Gasteiger partial charge in [0.2, 0.25) is 0 Å². The zero-order valence-electron chi connectivity index (χ0n) is 14.5. The molecule has 0 fully saturated rings. The number of urea groups is 1. The maximum atomic E-state index is 12.3. The summed E-state index contributed by atoms with van der Waals surface area (Å²) in [6.07, 6.45) is 4.00. The first-order chi connectivity index (χ1) is 12.0. The minimum absolute atomic E-state index is 0.362. The Balaban J connectivity index is 1.81. The van der Waals surface area contributed by atoms with Crippen molar-refractivity contribution >= 4 is 34.0 Å². The second-order valence-corrected chi connectivity index (χ2v) is 7.64. The van der Waals surface area contributed by atoms with Gasteiger partial charge in [0.1, 0.15) is 5.00 Å². The first-order valence-corrected chi connectivity index (χ1v) is 9.38. The highest BCUT2D eigenvalue weighted by molar-refractivity contribution is 7.17. The van der Waals surface area contributed by atoms with Crippen LogP contribution in [0.4, 0.5) is 15.5 Å². The zero-order chi connectivity index (χ0) is 18.0. The minimum atomic E-state index is -0.474. The zero-order valence-corrected chi connectivity index (χ0v) is 15.3. The van der Waals surface area contributed by atoms with Crippen LogP contribution in [0.1, 0.15) is 46.1 Å². The van der Waals surface area contributed by atoms with Crippen molar-refractivity contribution in [3.8, 4) is 0 Å². The molecule has 5 nitrogen and oxygen atoms in total. The summed E-state index contributed by atoms with van der Waals surface area (Å²) in [5.41, 5.74) is 8.87. The van der Waals surface area contributed by atoms with Gasteiger partial charge in [0.25, 0.3) is 5.91 Å². The molecule has 0 aliphatic heterocycles. The largest absolute Gasteiger partial charge is 0.365 e. The molecule has 4 N–H and O–H groups in total. The van der Waals surface area contributed by atoms with Crippen molar-refractivity contribution < 1.29 is 9.59 Å². The van der Waals surface area contributed by atoms with Crippen molar-refractivity contribution in [1.29, 1.82) is 0 Å². The fraction of sp³-hybridized carbons (Fsp3) is 0.368. The van der Waals surface area contributed by atoms with Crippen LogP contribution in [0.3, 0.4) is 0 Å². The number of carbonyl (C=O) groups excluding carboxylic acids is 2. The predicted octanol–water partition coefficient (Wildman–Crippen LogP) is 4.31. The number of fused-ring (bicyclic) bond motifs is 1. The van der Waals surface area contributed by atoms with Gasteiger partial charge in [-0.15, -0.1) is 11.3 Å². The maximum absolute atomic E-state index is 12.3. The second kappa shape index (κ2) is 7.27. The lowest BCUT2D eigenvalue weighted by Crippen LogP contribution is -2.22. The van der Waals surface area contributed by atoms with Crippen molar-refractivity contribution in [1.82, 2.24) is 0 Å². The quantitative estimate of drug-likeness (QED) is 0.761. The number of nitrogens with two attached hydrogens (primary N) is 1. The molecule has 2 aromatic rings. The molecule has 25 heavy (non-hydrogen) atoms. The van der Waals surface area contributed by atoms with Crippen LogP contribution in [-0.4, -0.2) is 11.9 Å². The van der Waals surface area contributed by atoms with E-state index in [2.05, 4.69) is 17.6 Å². The number of primary amides is 1. The number of rotatable bonds is 4. The van der Waals surface area contributed by atoms with Gasteiger partial charge < -0.3 is 11.1 Å². The molecule has 0 saturated heterocycles. The summed E-state index contributed by atoms with van der Waals surface area (Å²) in [6.45, 7) is 4.15. The summed E-state index contributed by atoms with van der Waals surface area (Å²) < 4.78 is 0. The number of hydrogen-bond acceptors (Lipinski definition) is 3. The third kappa shape index (κ3) is 3.85.